The molecule has 1 unspecified atom stereocenters. The Labute approximate surface area is 85.5 Å². The van der Waals surface area contributed by atoms with Crippen LogP contribution in [0.1, 0.15) is 12.5 Å². The zero-order valence-electron chi connectivity index (χ0n) is 9.07. The van der Waals surface area contributed by atoms with E-state index in [9.17, 15) is 0 Å². The number of hydrazine groups is 1. The second kappa shape index (κ2) is 3.45. The molecule has 1 atom stereocenters. The lowest BCUT2D eigenvalue weighted by atomic mass is 9.99. The maximum absolute atomic E-state index is 2.28. The number of hydrazone groups is 1. The van der Waals surface area contributed by atoms with E-state index in [1.165, 1.54) is 11.3 Å². The molecule has 1 aromatic carbocycles. The van der Waals surface area contributed by atoms with Crippen molar-refractivity contribution in [1.29, 1.82) is 0 Å². The molecule has 0 amide bonds. The summed E-state index contributed by atoms with van der Waals surface area (Å²) in [4.78, 5) is 0. The fourth-order valence-electron chi connectivity index (χ4n) is 2.19. The van der Waals surface area contributed by atoms with Gasteiger partial charge in [-0.2, -0.15) is 5.01 Å². The standard InChI is InChI=1S/C12H17N2/c1-10-9-13(2)14(3)12(10)11-7-5-4-6-8-11/h4-8,10H,9H2,1-3H3/q+1. The summed E-state index contributed by atoms with van der Waals surface area (Å²) in [6, 6.07) is 10.6. The number of nitrogens with zero attached hydrogens (tertiary/aromatic N) is 2. The molecule has 2 nitrogen and oxygen atoms in total. The van der Waals surface area contributed by atoms with Gasteiger partial charge in [0, 0.05) is 5.56 Å². The molecule has 2 rings (SSSR count). The molecular formula is C12H17N2+. The van der Waals surface area contributed by atoms with Gasteiger partial charge in [0.25, 0.3) is 0 Å². The summed E-state index contributed by atoms with van der Waals surface area (Å²) in [5.41, 5.74) is 2.76. The van der Waals surface area contributed by atoms with E-state index < -0.39 is 0 Å². The summed E-state index contributed by atoms with van der Waals surface area (Å²) in [6.07, 6.45) is 0. The minimum atomic E-state index is 0.618. The third kappa shape index (κ3) is 1.41. The Morgan fingerprint density at radius 3 is 2.43 bits per heavy atom. The van der Waals surface area contributed by atoms with Crippen LogP contribution in [0.5, 0.6) is 0 Å². The summed E-state index contributed by atoms with van der Waals surface area (Å²) >= 11 is 0. The minimum Gasteiger partial charge on any atom is -0.188 e. The van der Waals surface area contributed by atoms with Crippen molar-refractivity contribution in [2.45, 2.75) is 6.92 Å². The highest BCUT2D eigenvalue weighted by molar-refractivity contribution is 5.98. The normalized spacial score (nSPS) is 21.9. The second-order valence-corrected chi connectivity index (χ2v) is 4.02. The van der Waals surface area contributed by atoms with Gasteiger partial charge in [0.05, 0.1) is 19.5 Å². The Bertz CT molecular complexity index is 354. The van der Waals surface area contributed by atoms with Crippen molar-refractivity contribution in [3.05, 3.63) is 35.9 Å². The Morgan fingerprint density at radius 2 is 1.93 bits per heavy atom. The average molecular weight is 189 g/mol. The third-order valence-electron chi connectivity index (χ3n) is 2.94. The molecule has 1 aliphatic heterocycles. The fourth-order valence-corrected chi connectivity index (χ4v) is 2.19. The van der Waals surface area contributed by atoms with Gasteiger partial charge in [-0.1, -0.05) is 25.1 Å². The van der Waals surface area contributed by atoms with Crippen LogP contribution in [-0.2, 0) is 0 Å². The minimum absolute atomic E-state index is 0.618. The summed E-state index contributed by atoms with van der Waals surface area (Å²) in [5, 5.41) is 2.26. The molecule has 2 heteroatoms. The first-order valence-electron chi connectivity index (χ1n) is 5.07. The van der Waals surface area contributed by atoms with Crippen molar-refractivity contribution < 1.29 is 4.68 Å². The van der Waals surface area contributed by atoms with Gasteiger partial charge in [-0.3, -0.25) is 0 Å². The number of hydrogen-bond donors (Lipinski definition) is 0. The van der Waals surface area contributed by atoms with Crippen molar-refractivity contribution >= 4 is 5.71 Å². The van der Waals surface area contributed by atoms with Crippen LogP contribution in [0.25, 0.3) is 0 Å². The van der Waals surface area contributed by atoms with Crippen LogP contribution < -0.4 is 0 Å². The highest BCUT2D eigenvalue weighted by Crippen LogP contribution is 2.16. The van der Waals surface area contributed by atoms with Crippen molar-refractivity contribution in [3.8, 4) is 0 Å². The lowest BCUT2D eigenvalue weighted by Gasteiger charge is -2.04. The highest BCUT2D eigenvalue weighted by atomic mass is 15.6. The predicted molar refractivity (Wildman–Crippen MR) is 58.5 cm³/mol. The summed E-state index contributed by atoms with van der Waals surface area (Å²) in [6.45, 7) is 3.39. The maximum atomic E-state index is 2.28. The van der Waals surface area contributed by atoms with Crippen LogP contribution in [0, 0.1) is 5.92 Å². The Morgan fingerprint density at radius 1 is 1.29 bits per heavy atom. The van der Waals surface area contributed by atoms with Gasteiger partial charge in [-0.05, 0) is 12.1 Å². The topological polar surface area (TPSA) is 6.25 Å². The Kier molecular flexibility index (Phi) is 2.28. The SMILES string of the molecule is CC1CN(C)[N+](C)=C1c1ccccc1. The molecule has 14 heavy (non-hydrogen) atoms. The molecule has 74 valence electrons. The lowest BCUT2D eigenvalue weighted by molar-refractivity contribution is -0.651. The van der Waals surface area contributed by atoms with E-state index in [-0.39, 0.29) is 0 Å². The van der Waals surface area contributed by atoms with Gasteiger partial charge in [0.15, 0.2) is 7.05 Å². The van der Waals surface area contributed by atoms with Crippen molar-refractivity contribution in [2.75, 3.05) is 20.6 Å². The largest absolute Gasteiger partial charge is 0.217 e. The van der Waals surface area contributed by atoms with E-state index >= 15 is 0 Å². The molecule has 0 spiro atoms. The van der Waals surface area contributed by atoms with Crippen molar-refractivity contribution in [1.82, 2.24) is 5.01 Å². The lowest BCUT2D eigenvalue weighted by Crippen LogP contribution is -2.24. The first-order chi connectivity index (χ1) is 6.70. The summed E-state index contributed by atoms with van der Waals surface area (Å²) in [7, 11) is 4.26. The van der Waals surface area contributed by atoms with Gasteiger partial charge in [0.1, 0.15) is 0 Å². The van der Waals surface area contributed by atoms with Gasteiger partial charge >= 0.3 is 0 Å². The number of hydrogen-bond acceptors (Lipinski definition) is 1. The van der Waals surface area contributed by atoms with Crippen LogP contribution >= 0.6 is 0 Å². The van der Waals surface area contributed by atoms with Crippen LogP contribution in [0.2, 0.25) is 0 Å². The third-order valence-corrected chi connectivity index (χ3v) is 2.94. The molecule has 0 aromatic heterocycles. The molecule has 0 saturated carbocycles. The van der Waals surface area contributed by atoms with Crippen molar-refractivity contribution in [2.24, 2.45) is 5.92 Å². The highest BCUT2D eigenvalue weighted by Gasteiger charge is 2.32. The second-order valence-electron chi connectivity index (χ2n) is 4.02. The molecule has 0 aliphatic carbocycles. The smallest absolute Gasteiger partial charge is 0.188 e. The first-order valence-corrected chi connectivity index (χ1v) is 5.07. The van der Waals surface area contributed by atoms with E-state index in [0.29, 0.717) is 5.92 Å². The monoisotopic (exact) mass is 189 g/mol. The molecular weight excluding hydrogens is 172 g/mol. The fraction of sp³-hybridized carbons (Fsp3) is 0.417. The van der Waals surface area contributed by atoms with Gasteiger partial charge in [-0.25, -0.2) is 0 Å². The maximum Gasteiger partial charge on any atom is 0.217 e. The van der Waals surface area contributed by atoms with Gasteiger partial charge < -0.3 is 0 Å². The molecule has 0 N–H and O–H groups in total. The molecule has 0 saturated heterocycles. The molecule has 0 bridgehead atoms. The van der Waals surface area contributed by atoms with E-state index in [2.05, 4.69) is 61.0 Å². The Balaban J connectivity index is 2.44. The number of rotatable bonds is 1. The van der Waals surface area contributed by atoms with E-state index in [1.54, 1.807) is 0 Å². The quantitative estimate of drug-likeness (QED) is 0.608. The predicted octanol–water partition coefficient (Wildman–Crippen LogP) is 1.61. The zero-order chi connectivity index (χ0) is 10.1. The van der Waals surface area contributed by atoms with Gasteiger partial charge in [0.2, 0.25) is 5.71 Å². The molecule has 1 heterocycles. The van der Waals surface area contributed by atoms with Crippen LogP contribution in [0.15, 0.2) is 30.3 Å². The average Bonchev–Trinajstić information content (AvgIpc) is 2.43. The van der Waals surface area contributed by atoms with Crippen molar-refractivity contribution in [3.63, 3.8) is 0 Å². The van der Waals surface area contributed by atoms with Crippen LogP contribution in [0.3, 0.4) is 0 Å². The zero-order valence-corrected chi connectivity index (χ0v) is 9.07. The van der Waals surface area contributed by atoms with E-state index in [4.69, 9.17) is 0 Å². The molecule has 0 radical (unpaired) electrons. The summed E-state index contributed by atoms with van der Waals surface area (Å²) < 4.78 is 2.25. The van der Waals surface area contributed by atoms with Crippen LogP contribution in [0.4, 0.5) is 0 Å². The van der Waals surface area contributed by atoms with Gasteiger partial charge in [-0.15, -0.1) is 4.68 Å². The molecule has 0 fully saturated rings. The van der Waals surface area contributed by atoms with E-state index in [0.717, 1.165) is 6.54 Å². The molecule has 1 aliphatic rings. The first kappa shape index (κ1) is 9.25. The summed E-state index contributed by atoms with van der Waals surface area (Å²) in [5.74, 6) is 0.618. The molecule has 1 aromatic rings. The van der Waals surface area contributed by atoms with E-state index in [1.807, 2.05) is 0 Å². The number of benzene rings is 1. The Hall–Kier alpha value is -1.31. The van der Waals surface area contributed by atoms with Crippen LogP contribution in [-0.4, -0.2) is 36.0 Å².